The molecular weight excluding hydrogens is 937 g/mol. The van der Waals surface area contributed by atoms with Crippen molar-refractivity contribution in [3.8, 4) is 0 Å². The molecule has 6 nitrogen and oxygen atoms in total. The minimum Gasteiger partial charge on any atom is -0.462 e. The van der Waals surface area contributed by atoms with Gasteiger partial charge in [-0.2, -0.15) is 0 Å². The molecule has 0 saturated heterocycles. The van der Waals surface area contributed by atoms with E-state index in [1.807, 2.05) is 0 Å². The Bertz CT molecular complexity index is 1540. The summed E-state index contributed by atoms with van der Waals surface area (Å²) in [4.78, 5) is 38.2. The average Bonchev–Trinajstić information content (AvgIpc) is 3.42. The first-order chi connectivity index (χ1) is 37.5. The largest absolute Gasteiger partial charge is 0.462 e. The molecule has 76 heavy (non-hydrogen) atoms. The van der Waals surface area contributed by atoms with Crippen molar-refractivity contribution in [2.45, 2.75) is 303 Å². The van der Waals surface area contributed by atoms with Crippen LogP contribution in [0.15, 0.2) is 109 Å². The number of ether oxygens (including phenoxy) is 3. The maximum absolute atomic E-state index is 12.9. The summed E-state index contributed by atoms with van der Waals surface area (Å²) in [6.45, 7) is 6.41. The van der Waals surface area contributed by atoms with E-state index in [0.29, 0.717) is 19.3 Å². The smallest absolute Gasteiger partial charge is 0.306 e. The van der Waals surface area contributed by atoms with Crippen LogP contribution < -0.4 is 0 Å². The summed E-state index contributed by atoms with van der Waals surface area (Å²) in [6, 6.07) is 0. The number of unbranched alkanes of at least 4 members (excludes halogenated alkanes) is 28. The molecule has 0 amide bonds. The molecule has 1 atom stereocenters. The van der Waals surface area contributed by atoms with E-state index in [0.717, 1.165) is 122 Å². The van der Waals surface area contributed by atoms with Crippen molar-refractivity contribution in [1.29, 1.82) is 0 Å². The second kappa shape index (κ2) is 63.6. The van der Waals surface area contributed by atoms with Crippen LogP contribution in [0.3, 0.4) is 0 Å². The SMILES string of the molecule is CC/C=C\C/C=C\C/C=C\C/C=C\C/C=C\CCCCCCCCCCCCCC(=O)OCC(COC(=O)CCCCCCCCCCCC)OC(=O)CCCCCCCCCC/C=C\C/C=C\C/C=C\C/C=C\CC. The Morgan fingerprint density at radius 2 is 0.513 bits per heavy atom. The van der Waals surface area contributed by atoms with Crippen molar-refractivity contribution in [3.05, 3.63) is 109 Å². The molecule has 0 aromatic rings. The third-order valence-electron chi connectivity index (χ3n) is 13.5. The lowest BCUT2D eigenvalue weighted by Crippen LogP contribution is -2.30. The van der Waals surface area contributed by atoms with Crippen LogP contribution in [0.1, 0.15) is 297 Å². The molecule has 1 unspecified atom stereocenters. The zero-order valence-electron chi connectivity index (χ0n) is 49.7. The molecule has 0 rings (SSSR count). The third-order valence-corrected chi connectivity index (χ3v) is 13.5. The molecule has 0 aliphatic carbocycles. The molecule has 0 heterocycles. The predicted octanol–water partition coefficient (Wildman–Crippen LogP) is 21.8. The summed E-state index contributed by atoms with van der Waals surface area (Å²) in [5.41, 5.74) is 0. The minimum absolute atomic E-state index is 0.0804. The minimum atomic E-state index is -0.784. The molecule has 0 N–H and O–H groups in total. The topological polar surface area (TPSA) is 78.9 Å². The average molecular weight is 1060 g/mol. The molecule has 0 fully saturated rings. The van der Waals surface area contributed by atoms with E-state index in [9.17, 15) is 14.4 Å². The number of carbonyl (C=O) groups is 3. The molecule has 0 radical (unpaired) electrons. The highest BCUT2D eigenvalue weighted by Crippen LogP contribution is 2.16. The highest BCUT2D eigenvalue weighted by molar-refractivity contribution is 5.71. The van der Waals surface area contributed by atoms with Crippen molar-refractivity contribution >= 4 is 17.9 Å². The Morgan fingerprint density at radius 1 is 0.276 bits per heavy atom. The Kier molecular flexibility index (Phi) is 60.3. The number of carbonyl (C=O) groups excluding carboxylic acids is 3. The number of esters is 3. The molecule has 0 aromatic carbocycles. The van der Waals surface area contributed by atoms with Crippen molar-refractivity contribution in [3.63, 3.8) is 0 Å². The molecule has 0 bridgehead atoms. The summed E-state index contributed by atoms with van der Waals surface area (Å²) < 4.78 is 16.9. The van der Waals surface area contributed by atoms with Gasteiger partial charge in [0.1, 0.15) is 13.2 Å². The number of rotatable bonds is 57. The zero-order chi connectivity index (χ0) is 55.0. The first-order valence-electron chi connectivity index (χ1n) is 31.9. The molecule has 6 heteroatoms. The van der Waals surface area contributed by atoms with Gasteiger partial charge in [0.25, 0.3) is 0 Å². The van der Waals surface area contributed by atoms with Crippen LogP contribution in [0.4, 0.5) is 0 Å². The number of hydrogen-bond acceptors (Lipinski definition) is 6. The van der Waals surface area contributed by atoms with E-state index in [4.69, 9.17) is 14.2 Å². The maximum atomic E-state index is 12.9. The maximum Gasteiger partial charge on any atom is 0.306 e. The van der Waals surface area contributed by atoms with Gasteiger partial charge in [0.2, 0.25) is 0 Å². The summed E-state index contributed by atoms with van der Waals surface area (Å²) in [5, 5.41) is 0. The van der Waals surface area contributed by atoms with Gasteiger partial charge in [-0.3, -0.25) is 14.4 Å². The van der Waals surface area contributed by atoms with Crippen LogP contribution in [-0.2, 0) is 28.6 Å². The molecule has 0 aromatic heterocycles. The summed E-state index contributed by atoms with van der Waals surface area (Å²) in [7, 11) is 0. The molecule has 0 spiro atoms. The van der Waals surface area contributed by atoms with E-state index in [2.05, 4.69) is 130 Å². The van der Waals surface area contributed by atoms with Crippen molar-refractivity contribution < 1.29 is 28.6 Å². The van der Waals surface area contributed by atoms with Gasteiger partial charge in [0.15, 0.2) is 6.10 Å². The Morgan fingerprint density at radius 3 is 0.803 bits per heavy atom. The lowest BCUT2D eigenvalue weighted by atomic mass is 10.0. The van der Waals surface area contributed by atoms with Crippen LogP contribution in [0.5, 0.6) is 0 Å². The highest BCUT2D eigenvalue weighted by Gasteiger charge is 2.19. The third kappa shape index (κ3) is 60.9. The van der Waals surface area contributed by atoms with Crippen LogP contribution in [0.2, 0.25) is 0 Å². The van der Waals surface area contributed by atoms with Gasteiger partial charge in [-0.1, -0.05) is 284 Å². The van der Waals surface area contributed by atoms with Gasteiger partial charge in [0.05, 0.1) is 0 Å². The number of allylic oxidation sites excluding steroid dienone is 18. The van der Waals surface area contributed by atoms with Gasteiger partial charge in [-0.15, -0.1) is 0 Å². The van der Waals surface area contributed by atoms with Crippen LogP contribution in [0.25, 0.3) is 0 Å². The molecular formula is C70H118O6. The van der Waals surface area contributed by atoms with E-state index < -0.39 is 6.10 Å². The van der Waals surface area contributed by atoms with Crippen molar-refractivity contribution in [1.82, 2.24) is 0 Å². The molecule has 0 saturated carbocycles. The Balaban J connectivity index is 4.26. The second-order valence-corrected chi connectivity index (χ2v) is 20.9. The van der Waals surface area contributed by atoms with E-state index in [1.165, 1.54) is 135 Å². The van der Waals surface area contributed by atoms with Crippen LogP contribution in [-0.4, -0.2) is 37.2 Å². The van der Waals surface area contributed by atoms with Gasteiger partial charge in [0, 0.05) is 19.3 Å². The number of hydrogen-bond donors (Lipinski definition) is 0. The highest BCUT2D eigenvalue weighted by atomic mass is 16.6. The first-order valence-corrected chi connectivity index (χ1v) is 31.9. The molecule has 0 aliphatic rings. The zero-order valence-corrected chi connectivity index (χ0v) is 49.7. The van der Waals surface area contributed by atoms with Gasteiger partial charge < -0.3 is 14.2 Å². The predicted molar refractivity (Wildman–Crippen MR) is 330 cm³/mol. The van der Waals surface area contributed by atoms with E-state index in [1.54, 1.807) is 0 Å². The standard InChI is InChI=1S/C70H118O6/c1-4-7-10-13-16-19-22-24-26-28-30-32-33-34-35-36-37-39-40-42-44-46-48-51-54-57-60-63-69(72)75-66-67(65-74-68(71)62-59-56-53-50-21-18-15-12-9-6-3)76-70(73)64-61-58-55-52-49-47-45-43-41-38-31-29-27-25-23-20-17-14-11-8-5-2/h7-8,10-11,16-17,19-20,24-27,30-32,34-35,38,67H,4-6,9,12-15,18,21-23,28-29,33,36-37,39-66H2,1-3H3/b10-7-,11-8-,19-16-,20-17-,26-24-,27-25-,32-30-,35-34-,38-31-. The van der Waals surface area contributed by atoms with Crippen molar-refractivity contribution in [2.75, 3.05) is 13.2 Å². The fraction of sp³-hybridized carbons (Fsp3) is 0.700. The summed E-state index contributed by atoms with van der Waals surface area (Å²) in [5.74, 6) is -0.886. The van der Waals surface area contributed by atoms with Crippen LogP contribution in [0, 0.1) is 0 Å². The fourth-order valence-corrected chi connectivity index (χ4v) is 8.81. The quantitative estimate of drug-likeness (QED) is 0.0261. The lowest BCUT2D eigenvalue weighted by Gasteiger charge is -2.18. The van der Waals surface area contributed by atoms with E-state index in [-0.39, 0.29) is 31.1 Å². The Hall–Kier alpha value is -3.93. The monoisotopic (exact) mass is 1050 g/mol. The molecule has 434 valence electrons. The Labute approximate surface area is 470 Å². The first kappa shape index (κ1) is 72.1. The molecule has 0 aliphatic heterocycles. The summed E-state index contributed by atoms with van der Waals surface area (Å²) in [6.07, 6.45) is 86.7. The van der Waals surface area contributed by atoms with Gasteiger partial charge in [-0.25, -0.2) is 0 Å². The van der Waals surface area contributed by atoms with Gasteiger partial charge >= 0.3 is 17.9 Å². The van der Waals surface area contributed by atoms with Crippen LogP contribution >= 0.6 is 0 Å². The second-order valence-electron chi connectivity index (χ2n) is 20.9. The van der Waals surface area contributed by atoms with E-state index >= 15 is 0 Å². The normalized spacial score (nSPS) is 12.8. The van der Waals surface area contributed by atoms with Crippen molar-refractivity contribution in [2.24, 2.45) is 0 Å². The van der Waals surface area contributed by atoms with Gasteiger partial charge in [-0.05, 0) is 103 Å². The fourth-order valence-electron chi connectivity index (χ4n) is 8.81. The lowest BCUT2D eigenvalue weighted by molar-refractivity contribution is -0.167. The summed E-state index contributed by atoms with van der Waals surface area (Å²) >= 11 is 0.